The van der Waals surface area contributed by atoms with E-state index in [1.165, 1.54) is 0 Å². The van der Waals surface area contributed by atoms with E-state index >= 15 is 0 Å². The molecule has 3 rings (SSSR count). The van der Waals surface area contributed by atoms with Crippen LogP contribution in [0.4, 0.5) is 4.79 Å². The van der Waals surface area contributed by atoms with Crippen molar-refractivity contribution in [2.45, 2.75) is 45.6 Å². The molecule has 1 unspecified atom stereocenters. The molecule has 2 aliphatic heterocycles. The van der Waals surface area contributed by atoms with Crippen LogP contribution in [0.3, 0.4) is 0 Å². The fourth-order valence-corrected chi connectivity index (χ4v) is 4.05. The molecular formula is C23H35N3O4. The number of carbonyl (C=O) groups excluding carboxylic acids is 2. The predicted octanol–water partition coefficient (Wildman–Crippen LogP) is 3.05. The summed E-state index contributed by atoms with van der Waals surface area (Å²) in [6, 6.07) is 7.40. The molecule has 0 radical (unpaired) electrons. The Hall–Kier alpha value is -2.28. The molecule has 1 saturated heterocycles. The molecule has 2 heterocycles. The van der Waals surface area contributed by atoms with Gasteiger partial charge in [0.25, 0.3) is 5.91 Å². The van der Waals surface area contributed by atoms with Crippen LogP contribution in [0.5, 0.6) is 5.75 Å². The second-order valence-electron chi connectivity index (χ2n) is 9.18. The first-order valence-corrected chi connectivity index (χ1v) is 11.0. The monoisotopic (exact) mass is 417 g/mol. The molecule has 1 atom stereocenters. The van der Waals surface area contributed by atoms with Crippen LogP contribution in [-0.2, 0) is 4.74 Å². The molecule has 1 fully saturated rings. The van der Waals surface area contributed by atoms with Gasteiger partial charge in [-0.15, -0.1) is 0 Å². The molecule has 0 spiro atoms. The Morgan fingerprint density at radius 2 is 1.87 bits per heavy atom. The van der Waals surface area contributed by atoms with Crippen LogP contribution in [0.25, 0.3) is 0 Å². The Labute approximate surface area is 179 Å². The van der Waals surface area contributed by atoms with Gasteiger partial charge in [0.2, 0.25) is 0 Å². The zero-order chi connectivity index (χ0) is 21.6. The van der Waals surface area contributed by atoms with Crippen molar-refractivity contribution in [2.24, 2.45) is 11.8 Å². The summed E-state index contributed by atoms with van der Waals surface area (Å²) in [5.41, 5.74) is 0.111. The molecule has 7 nitrogen and oxygen atoms in total. The number of rotatable bonds is 1. The lowest BCUT2D eigenvalue weighted by molar-refractivity contribution is 0.0159. The number of para-hydroxylation sites is 1. The van der Waals surface area contributed by atoms with Gasteiger partial charge in [0.1, 0.15) is 11.4 Å². The van der Waals surface area contributed by atoms with Gasteiger partial charge in [-0.25, -0.2) is 4.79 Å². The number of benzene rings is 1. The average Bonchev–Trinajstić information content (AvgIpc) is 2.70. The number of ether oxygens (including phenoxy) is 2. The maximum atomic E-state index is 12.7. The number of nitrogens with zero attached hydrogens (tertiary/aromatic N) is 1. The quantitative estimate of drug-likeness (QED) is 0.734. The fourth-order valence-electron chi connectivity index (χ4n) is 4.05. The average molecular weight is 418 g/mol. The molecule has 2 aliphatic rings. The van der Waals surface area contributed by atoms with Gasteiger partial charge in [0, 0.05) is 19.6 Å². The number of nitrogens with one attached hydrogen (secondary N) is 2. The van der Waals surface area contributed by atoms with Crippen molar-refractivity contribution < 1.29 is 19.1 Å². The third kappa shape index (κ3) is 6.36. The lowest BCUT2D eigenvalue weighted by atomic mass is 9.84. The molecule has 7 heteroatoms. The van der Waals surface area contributed by atoms with E-state index in [9.17, 15) is 9.59 Å². The second-order valence-corrected chi connectivity index (χ2v) is 9.18. The minimum absolute atomic E-state index is 0.0950. The van der Waals surface area contributed by atoms with E-state index in [1.54, 1.807) is 4.90 Å². The third-order valence-electron chi connectivity index (χ3n) is 5.68. The van der Waals surface area contributed by atoms with Gasteiger partial charge < -0.3 is 25.0 Å². The van der Waals surface area contributed by atoms with Gasteiger partial charge in [0.15, 0.2) is 0 Å². The molecule has 0 aromatic heterocycles. The molecule has 0 saturated carbocycles. The van der Waals surface area contributed by atoms with Crippen LogP contribution < -0.4 is 15.4 Å². The molecule has 30 heavy (non-hydrogen) atoms. The minimum atomic E-state index is -0.477. The molecule has 1 aromatic carbocycles. The number of hydrogen-bond acceptors (Lipinski definition) is 5. The summed E-state index contributed by atoms with van der Waals surface area (Å²) >= 11 is 0. The molecule has 2 amide bonds. The normalized spacial score (nSPS) is 22.0. The van der Waals surface area contributed by atoms with Crippen LogP contribution in [0, 0.1) is 11.8 Å². The standard InChI is InChI=1S/C23H35N3O4/c1-23(2,3)30-22(28)26-12-9-17(10-13-26)18-15-24-11-6-14-29-20-8-5-4-7-19(20)21(27)25-16-18/h4-5,7-8,17-18,24H,6,9-16H2,1-3H3,(H,25,27). The Bertz CT molecular complexity index is 723. The molecule has 1 aromatic rings. The molecule has 0 bridgehead atoms. The minimum Gasteiger partial charge on any atom is -0.493 e. The number of fused-ring (bicyclic) bond motifs is 1. The highest BCUT2D eigenvalue weighted by molar-refractivity contribution is 5.96. The smallest absolute Gasteiger partial charge is 0.410 e. The van der Waals surface area contributed by atoms with Crippen LogP contribution in [0.1, 0.15) is 50.4 Å². The largest absolute Gasteiger partial charge is 0.493 e. The van der Waals surface area contributed by atoms with Crippen molar-refractivity contribution in [2.75, 3.05) is 39.3 Å². The SMILES string of the molecule is CC(C)(C)OC(=O)N1CCC(C2CNCCCOc3ccccc3C(=O)NC2)CC1. The number of likely N-dealkylation sites (tertiary alicyclic amines) is 1. The van der Waals surface area contributed by atoms with Gasteiger partial charge >= 0.3 is 6.09 Å². The number of hydrogen-bond donors (Lipinski definition) is 2. The summed E-state index contributed by atoms with van der Waals surface area (Å²) in [4.78, 5) is 26.9. The van der Waals surface area contributed by atoms with E-state index in [4.69, 9.17) is 9.47 Å². The maximum absolute atomic E-state index is 12.7. The van der Waals surface area contributed by atoms with Crippen LogP contribution in [0.15, 0.2) is 24.3 Å². The third-order valence-corrected chi connectivity index (χ3v) is 5.68. The van der Waals surface area contributed by atoms with Crippen molar-refractivity contribution in [1.29, 1.82) is 0 Å². The van der Waals surface area contributed by atoms with Crippen molar-refractivity contribution in [3.63, 3.8) is 0 Å². The molecule has 166 valence electrons. The van der Waals surface area contributed by atoms with Gasteiger partial charge in [-0.1, -0.05) is 12.1 Å². The van der Waals surface area contributed by atoms with Crippen molar-refractivity contribution in [1.82, 2.24) is 15.5 Å². The van der Waals surface area contributed by atoms with E-state index in [0.29, 0.717) is 49.4 Å². The first-order valence-electron chi connectivity index (χ1n) is 11.0. The highest BCUT2D eigenvalue weighted by Crippen LogP contribution is 2.26. The Kier molecular flexibility index (Phi) is 7.58. The van der Waals surface area contributed by atoms with E-state index in [0.717, 1.165) is 32.4 Å². The van der Waals surface area contributed by atoms with Gasteiger partial charge in [-0.3, -0.25) is 4.79 Å². The van der Waals surface area contributed by atoms with Gasteiger partial charge in [-0.05, 0) is 77.1 Å². The number of amides is 2. The summed E-state index contributed by atoms with van der Waals surface area (Å²) in [5.74, 6) is 1.31. The van der Waals surface area contributed by atoms with Gasteiger partial charge in [0.05, 0.1) is 12.2 Å². The molecule has 2 N–H and O–H groups in total. The second kappa shape index (κ2) is 10.2. The maximum Gasteiger partial charge on any atom is 0.410 e. The number of piperidine rings is 1. The lowest BCUT2D eigenvalue weighted by Crippen LogP contribution is -2.46. The lowest BCUT2D eigenvalue weighted by Gasteiger charge is -2.37. The predicted molar refractivity (Wildman–Crippen MR) is 116 cm³/mol. The zero-order valence-corrected chi connectivity index (χ0v) is 18.4. The Morgan fingerprint density at radius 1 is 1.13 bits per heavy atom. The summed E-state index contributed by atoms with van der Waals surface area (Å²) < 4.78 is 11.3. The Balaban J connectivity index is 1.59. The Morgan fingerprint density at radius 3 is 2.60 bits per heavy atom. The first-order chi connectivity index (χ1) is 14.3. The van der Waals surface area contributed by atoms with E-state index in [1.807, 2.05) is 45.0 Å². The first kappa shape index (κ1) is 22.4. The van der Waals surface area contributed by atoms with E-state index in [2.05, 4.69) is 10.6 Å². The topological polar surface area (TPSA) is 79.9 Å². The molecular weight excluding hydrogens is 382 g/mol. The van der Waals surface area contributed by atoms with Crippen molar-refractivity contribution >= 4 is 12.0 Å². The molecule has 0 aliphatic carbocycles. The van der Waals surface area contributed by atoms with E-state index < -0.39 is 5.60 Å². The summed E-state index contributed by atoms with van der Waals surface area (Å²) in [5, 5.41) is 6.62. The van der Waals surface area contributed by atoms with Crippen LogP contribution >= 0.6 is 0 Å². The summed E-state index contributed by atoms with van der Waals surface area (Å²) in [6.07, 6.45) is 2.49. The highest BCUT2D eigenvalue weighted by atomic mass is 16.6. The van der Waals surface area contributed by atoms with Gasteiger partial charge in [-0.2, -0.15) is 0 Å². The zero-order valence-electron chi connectivity index (χ0n) is 18.4. The van der Waals surface area contributed by atoms with Crippen molar-refractivity contribution in [3.05, 3.63) is 29.8 Å². The summed E-state index contributed by atoms with van der Waals surface area (Å²) in [6.45, 7) is 9.97. The highest BCUT2D eigenvalue weighted by Gasteiger charge is 2.31. The van der Waals surface area contributed by atoms with E-state index in [-0.39, 0.29) is 12.0 Å². The fraction of sp³-hybridized carbons (Fsp3) is 0.652. The van der Waals surface area contributed by atoms with Crippen LogP contribution in [0.2, 0.25) is 0 Å². The summed E-state index contributed by atoms with van der Waals surface area (Å²) in [7, 11) is 0. The number of carbonyl (C=O) groups is 2. The van der Waals surface area contributed by atoms with Crippen LogP contribution in [-0.4, -0.2) is 61.8 Å². The van der Waals surface area contributed by atoms with Crippen molar-refractivity contribution in [3.8, 4) is 5.75 Å².